The van der Waals surface area contributed by atoms with Crippen molar-refractivity contribution in [1.82, 2.24) is 9.47 Å². The Kier molecular flexibility index (Phi) is 4.27. The van der Waals surface area contributed by atoms with Gasteiger partial charge < -0.3 is 9.47 Å². The van der Waals surface area contributed by atoms with Crippen LogP contribution in [0.4, 0.5) is 0 Å². The second-order valence-corrected chi connectivity index (χ2v) is 6.06. The summed E-state index contributed by atoms with van der Waals surface area (Å²) in [6.45, 7) is 3.68. The monoisotopic (exact) mass is 298 g/mol. The van der Waals surface area contributed by atoms with E-state index in [1.165, 1.54) is 12.8 Å². The fraction of sp³-hybridized carbons (Fsp3) is 0.444. The molecule has 1 aliphatic heterocycles. The van der Waals surface area contributed by atoms with Crippen LogP contribution >= 0.6 is 0 Å². The highest BCUT2D eigenvalue weighted by atomic mass is 16.2. The molecule has 0 unspecified atom stereocenters. The SMILES string of the molecule is Cc1cc2ccccc2c(=O)n1CC(=O)N1CCCCCC1. The molecular weight excluding hydrogens is 276 g/mol. The van der Waals surface area contributed by atoms with Crippen LogP contribution in [0.2, 0.25) is 0 Å². The quantitative estimate of drug-likeness (QED) is 0.855. The van der Waals surface area contributed by atoms with Crippen LogP contribution in [-0.4, -0.2) is 28.5 Å². The van der Waals surface area contributed by atoms with Crippen LogP contribution in [0.15, 0.2) is 35.1 Å². The van der Waals surface area contributed by atoms with Gasteiger partial charge in [-0.3, -0.25) is 9.59 Å². The molecule has 2 heterocycles. The van der Waals surface area contributed by atoms with Crippen molar-refractivity contribution in [3.63, 3.8) is 0 Å². The fourth-order valence-electron chi connectivity index (χ4n) is 3.18. The lowest BCUT2D eigenvalue weighted by Gasteiger charge is -2.21. The van der Waals surface area contributed by atoms with Crippen molar-refractivity contribution in [2.24, 2.45) is 0 Å². The Morgan fingerprint density at radius 1 is 1.09 bits per heavy atom. The number of aromatic nitrogens is 1. The molecule has 1 aromatic carbocycles. The van der Waals surface area contributed by atoms with E-state index in [1.54, 1.807) is 4.57 Å². The van der Waals surface area contributed by atoms with E-state index in [1.807, 2.05) is 42.2 Å². The predicted molar refractivity (Wildman–Crippen MR) is 88.0 cm³/mol. The molecule has 0 bridgehead atoms. The Morgan fingerprint density at radius 3 is 2.50 bits per heavy atom. The number of carbonyl (C=O) groups excluding carboxylic acids is 1. The standard InChI is InChI=1S/C18H22N2O2/c1-14-12-15-8-4-5-9-16(15)18(22)20(14)13-17(21)19-10-6-2-3-7-11-19/h4-5,8-9,12H,2-3,6-7,10-11,13H2,1H3. The van der Waals surface area contributed by atoms with Gasteiger partial charge in [-0.25, -0.2) is 0 Å². The lowest BCUT2D eigenvalue weighted by atomic mass is 10.1. The van der Waals surface area contributed by atoms with Crippen molar-refractivity contribution in [2.75, 3.05) is 13.1 Å². The number of hydrogen-bond donors (Lipinski definition) is 0. The van der Waals surface area contributed by atoms with Gasteiger partial charge in [0.15, 0.2) is 0 Å². The number of fused-ring (bicyclic) bond motifs is 1. The van der Waals surface area contributed by atoms with Gasteiger partial charge in [-0.1, -0.05) is 31.0 Å². The highest BCUT2D eigenvalue weighted by molar-refractivity contribution is 5.82. The van der Waals surface area contributed by atoms with Gasteiger partial charge in [-0.15, -0.1) is 0 Å². The van der Waals surface area contributed by atoms with Crippen molar-refractivity contribution in [3.8, 4) is 0 Å². The van der Waals surface area contributed by atoms with Gasteiger partial charge in [0, 0.05) is 24.2 Å². The summed E-state index contributed by atoms with van der Waals surface area (Å²) in [4.78, 5) is 27.1. The maximum absolute atomic E-state index is 12.6. The van der Waals surface area contributed by atoms with E-state index in [0.717, 1.165) is 37.0 Å². The number of benzene rings is 1. The number of likely N-dealkylation sites (tertiary alicyclic amines) is 1. The topological polar surface area (TPSA) is 42.3 Å². The Hall–Kier alpha value is -2.10. The van der Waals surface area contributed by atoms with E-state index in [2.05, 4.69) is 0 Å². The number of rotatable bonds is 2. The summed E-state index contributed by atoms with van der Waals surface area (Å²) in [7, 11) is 0. The predicted octanol–water partition coefficient (Wildman–Crippen LogP) is 2.71. The lowest BCUT2D eigenvalue weighted by Crippen LogP contribution is -2.37. The molecule has 116 valence electrons. The molecule has 1 saturated heterocycles. The summed E-state index contributed by atoms with van der Waals surface area (Å²) in [5.41, 5.74) is 0.769. The van der Waals surface area contributed by atoms with E-state index >= 15 is 0 Å². The molecule has 0 saturated carbocycles. The average Bonchev–Trinajstić information content (AvgIpc) is 2.80. The zero-order valence-corrected chi connectivity index (χ0v) is 13.0. The second kappa shape index (κ2) is 6.34. The minimum atomic E-state index is -0.0706. The number of amides is 1. The minimum Gasteiger partial charge on any atom is -0.341 e. The molecule has 22 heavy (non-hydrogen) atoms. The van der Waals surface area contributed by atoms with Crippen LogP contribution in [0.1, 0.15) is 31.4 Å². The van der Waals surface area contributed by atoms with E-state index in [4.69, 9.17) is 0 Å². The summed E-state index contributed by atoms with van der Waals surface area (Å²) in [6, 6.07) is 9.52. The first-order valence-electron chi connectivity index (χ1n) is 8.04. The number of aryl methyl sites for hydroxylation is 1. The Balaban J connectivity index is 1.90. The molecule has 0 aliphatic carbocycles. The molecule has 2 aromatic rings. The molecule has 0 N–H and O–H groups in total. The van der Waals surface area contributed by atoms with Crippen molar-refractivity contribution in [2.45, 2.75) is 39.2 Å². The third-order valence-electron chi connectivity index (χ3n) is 4.48. The first-order valence-corrected chi connectivity index (χ1v) is 8.04. The van der Waals surface area contributed by atoms with E-state index < -0.39 is 0 Å². The third kappa shape index (κ3) is 2.91. The van der Waals surface area contributed by atoms with Crippen LogP contribution in [-0.2, 0) is 11.3 Å². The summed E-state index contributed by atoms with van der Waals surface area (Å²) in [5.74, 6) is 0.0578. The van der Waals surface area contributed by atoms with Gasteiger partial charge in [0.2, 0.25) is 5.91 Å². The highest BCUT2D eigenvalue weighted by Crippen LogP contribution is 2.13. The molecule has 0 radical (unpaired) electrons. The van der Waals surface area contributed by atoms with E-state index in [-0.39, 0.29) is 18.0 Å². The molecule has 4 nitrogen and oxygen atoms in total. The maximum atomic E-state index is 12.6. The number of carbonyl (C=O) groups is 1. The van der Waals surface area contributed by atoms with Gasteiger partial charge in [-0.2, -0.15) is 0 Å². The minimum absolute atomic E-state index is 0.0578. The van der Waals surface area contributed by atoms with Crippen molar-refractivity contribution in [1.29, 1.82) is 0 Å². The van der Waals surface area contributed by atoms with Gasteiger partial charge in [0.05, 0.1) is 0 Å². The lowest BCUT2D eigenvalue weighted by molar-refractivity contribution is -0.131. The summed E-state index contributed by atoms with van der Waals surface area (Å²) >= 11 is 0. The molecule has 3 rings (SSSR count). The summed E-state index contributed by atoms with van der Waals surface area (Å²) < 4.78 is 1.61. The van der Waals surface area contributed by atoms with Crippen molar-refractivity contribution in [3.05, 3.63) is 46.4 Å². The molecule has 4 heteroatoms. The molecule has 1 fully saturated rings. The van der Waals surface area contributed by atoms with Crippen molar-refractivity contribution >= 4 is 16.7 Å². The van der Waals surface area contributed by atoms with Crippen molar-refractivity contribution < 1.29 is 4.79 Å². The fourth-order valence-corrected chi connectivity index (χ4v) is 3.18. The first-order chi connectivity index (χ1) is 10.7. The number of hydrogen-bond acceptors (Lipinski definition) is 2. The van der Waals surface area contributed by atoms with Gasteiger partial charge in [-0.05, 0) is 37.3 Å². The normalized spacial score (nSPS) is 15.8. The zero-order chi connectivity index (χ0) is 15.5. The summed E-state index contributed by atoms with van der Waals surface area (Å²) in [6.07, 6.45) is 4.52. The Morgan fingerprint density at radius 2 is 1.77 bits per heavy atom. The molecular formula is C18H22N2O2. The van der Waals surface area contributed by atoms with Crippen LogP contribution in [0.25, 0.3) is 10.8 Å². The zero-order valence-electron chi connectivity index (χ0n) is 13.0. The number of pyridine rings is 1. The second-order valence-electron chi connectivity index (χ2n) is 6.06. The third-order valence-corrected chi connectivity index (χ3v) is 4.48. The maximum Gasteiger partial charge on any atom is 0.259 e. The highest BCUT2D eigenvalue weighted by Gasteiger charge is 2.17. The molecule has 0 atom stereocenters. The smallest absolute Gasteiger partial charge is 0.259 e. The molecule has 1 amide bonds. The Bertz CT molecular complexity index is 740. The number of nitrogens with zero attached hydrogens (tertiary/aromatic N) is 2. The van der Waals surface area contributed by atoms with Crippen LogP contribution < -0.4 is 5.56 Å². The van der Waals surface area contributed by atoms with Gasteiger partial charge >= 0.3 is 0 Å². The Labute approximate surface area is 130 Å². The van der Waals surface area contributed by atoms with Crippen LogP contribution in [0, 0.1) is 6.92 Å². The first kappa shape index (κ1) is 14.8. The van der Waals surface area contributed by atoms with Gasteiger partial charge in [0.25, 0.3) is 5.56 Å². The van der Waals surface area contributed by atoms with Crippen LogP contribution in [0.3, 0.4) is 0 Å². The van der Waals surface area contributed by atoms with E-state index in [9.17, 15) is 9.59 Å². The average molecular weight is 298 g/mol. The van der Waals surface area contributed by atoms with Gasteiger partial charge in [0.1, 0.15) is 6.54 Å². The molecule has 0 spiro atoms. The molecule has 1 aromatic heterocycles. The van der Waals surface area contributed by atoms with Crippen LogP contribution in [0.5, 0.6) is 0 Å². The largest absolute Gasteiger partial charge is 0.341 e. The molecule has 1 aliphatic rings. The summed E-state index contributed by atoms with van der Waals surface area (Å²) in [5, 5.41) is 1.61. The van der Waals surface area contributed by atoms with E-state index in [0.29, 0.717) is 5.39 Å².